The zero-order valence-corrected chi connectivity index (χ0v) is 16.3. The van der Waals surface area contributed by atoms with E-state index in [1.165, 1.54) is 5.56 Å². The molecule has 1 aliphatic carbocycles. The number of aliphatic hydroxyl groups is 1. The van der Waals surface area contributed by atoms with Crippen molar-refractivity contribution in [3.05, 3.63) is 77.6 Å². The van der Waals surface area contributed by atoms with Gasteiger partial charge in [-0.3, -0.25) is 4.57 Å². The third-order valence-corrected chi connectivity index (χ3v) is 6.54. The number of anilines is 1. The van der Waals surface area contributed by atoms with Crippen LogP contribution in [0.2, 0.25) is 0 Å². The molecule has 1 saturated carbocycles. The van der Waals surface area contributed by atoms with Gasteiger partial charge in [-0.25, -0.2) is 0 Å². The van der Waals surface area contributed by atoms with Gasteiger partial charge in [0.15, 0.2) is 0 Å². The highest BCUT2D eigenvalue weighted by Gasteiger charge is 2.50. The van der Waals surface area contributed by atoms with Crippen molar-refractivity contribution in [3.8, 4) is 0 Å². The predicted octanol–water partition coefficient (Wildman–Crippen LogP) is 3.38. The van der Waals surface area contributed by atoms with E-state index in [1.54, 1.807) is 0 Å². The van der Waals surface area contributed by atoms with E-state index in [0.29, 0.717) is 12.8 Å². The van der Waals surface area contributed by atoms with Gasteiger partial charge in [0.05, 0.1) is 11.0 Å². The highest BCUT2D eigenvalue weighted by Crippen LogP contribution is 2.53. The monoisotopic (exact) mass is 374 g/mol. The van der Waals surface area contributed by atoms with E-state index in [9.17, 15) is 5.11 Å². The van der Waals surface area contributed by atoms with Crippen molar-refractivity contribution in [3.63, 3.8) is 0 Å². The summed E-state index contributed by atoms with van der Waals surface area (Å²) in [6.07, 6.45) is 3.64. The number of rotatable bonds is 4. The van der Waals surface area contributed by atoms with Crippen LogP contribution in [0.25, 0.3) is 0 Å². The fraction of sp³-hybridized carbons (Fsp3) is 0.391. The molecule has 0 spiro atoms. The van der Waals surface area contributed by atoms with Crippen molar-refractivity contribution < 1.29 is 5.11 Å². The third-order valence-electron chi connectivity index (χ3n) is 6.54. The third kappa shape index (κ3) is 2.73. The van der Waals surface area contributed by atoms with E-state index < -0.39 is 5.60 Å². The fourth-order valence-electron chi connectivity index (χ4n) is 4.65. The lowest BCUT2D eigenvalue weighted by atomic mass is 9.84. The molecule has 1 saturated heterocycles. The van der Waals surface area contributed by atoms with Gasteiger partial charge in [0.25, 0.3) is 0 Å². The second-order valence-electron chi connectivity index (χ2n) is 8.22. The molecule has 28 heavy (non-hydrogen) atoms. The molecule has 5 nitrogen and oxygen atoms in total. The summed E-state index contributed by atoms with van der Waals surface area (Å²) in [7, 11) is 2.08. The molecule has 2 heterocycles. The van der Waals surface area contributed by atoms with Crippen molar-refractivity contribution in [1.82, 2.24) is 14.8 Å². The molecule has 2 aromatic carbocycles. The second-order valence-corrected chi connectivity index (χ2v) is 8.22. The van der Waals surface area contributed by atoms with Crippen molar-refractivity contribution in [2.45, 2.75) is 36.7 Å². The first-order chi connectivity index (χ1) is 13.6. The Labute approximate surface area is 165 Å². The lowest BCUT2D eigenvalue weighted by molar-refractivity contribution is 0.0114. The van der Waals surface area contributed by atoms with Gasteiger partial charge in [0, 0.05) is 20.1 Å². The smallest absolute Gasteiger partial charge is 0.226 e. The molecular weight excluding hydrogens is 348 g/mol. The van der Waals surface area contributed by atoms with Crippen LogP contribution in [0.3, 0.4) is 0 Å². The van der Waals surface area contributed by atoms with Crippen LogP contribution in [0.15, 0.2) is 60.7 Å². The van der Waals surface area contributed by atoms with Crippen LogP contribution in [-0.2, 0) is 18.1 Å². The number of benzene rings is 2. The van der Waals surface area contributed by atoms with Crippen molar-refractivity contribution in [1.29, 1.82) is 0 Å². The summed E-state index contributed by atoms with van der Waals surface area (Å²) < 4.78 is 2.16. The maximum absolute atomic E-state index is 11.1. The molecule has 0 atom stereocenters. The van der Waals surface area contributed by atoms with E-state index >= 15 is 0 Å². The molecule has 144 valence electrons. The molecule has 1 N–H and O–H groups in total. The topological polar surface area (TPSA) is 54.2 Å². The van der Waals surface area contributed by atoms with Gasteiger partial charge < -0.3 is 10.0 Å². The summed E-state index contributed by atoms with van der Waals surface area (Å²) in [4.78, 5) is 2.26. The lowest BCUT2D eigenvalue weighted by Crippen LogP contribution is -2.43. The van der Waals surface area contributed by atoms with E-state index in [2.05, 4.69) is 57.0 Å². The molecule has 0 bridgehead atoms. The Bertz CT molecular complexity index is 955. The van der Waals surface area contributed by atoms with Crippen LogP contribution >= 0.6 is 0 Å². The number of piperidine rings is 1. The first-order valence-corrected chi connectivity index (χ1v) is 10.1. The van der Waals surface area contributed by atoms with E-state index in [0.717, 1.165) is 43.3 Å². The molecule has 0 unspecified atom stereocenters. The number of hydrogen-bond donors (Lipinski definition) is 1. The molecule has 0 amide bonds. The summed E-state index contributed by atoms with van der Waals surface area (Å²) in [6, 6.07) is 20.7. The van der Waals surface area contributed by atoms with Crippen LogP contribution < -0.4 is 4.90 Å². The van der Waals surface area contributed by atoms with Crippen LogP contribution in [0.5, 0.6) is 0 Å². The van der Waals surface area contributed by atoms with E-state index in [4.69, 9.17) is 0 Å². The average molecular weight is 374 g/mol. The van der Waals surface area contributed by atoms with Gasteiger partial charge in [-0.2, -0.15) is 0 Å². The first kappa shape index (κ1) is 17.4. The van der Waals surface area contributed by atoms with Crippen LogP contribution in [0, 0.1) is 0 Å². The zero-order chi connectivity index (χ0) is 19.2. The molecule has 3 aromatic rings. The van der Waals surface area contributed by atoms with Gasteiger partial charge in [-0.1, -0.05) is 60.7 Å². The van der Waals surface area contributed by atoms with Crippen molar-refractivity contribution in [2.75, 3.05) is 18.0 Å². The predicted molar refractivity (Wildman–Crippen MR) is 109 cm³/mol. The fourth-order valence-corrected chi connectivity index (χ4v) is 4.65. The molecule has 2 aliphatic rings. The Hall–Kier alpha value is -2.66. The Kier molecular flexibility index (Phi) is 4.02. The lowest BCUT2D eigenvalue weighted by Gasteiger charge is -2.38. The minimum atomic E-state index is -0.749. The summed E-state index contributed by atoms with van der Waals surface area (Å²) >= 11 is 0. The number of aromatic nitrogens is 3. The zero-order valence-electron chi connectivity index (χ0n) is 16.3. The highest BCUT2D eigenvalue weighted by atomic mass is 16.3. The standard InChI is InChI=1S/C23H26N4O/c1-26-20(22(12-13-22)18-8-4-2-5-9-18)24-25-21(26)27-16-14-23(28,15-17-27)19-10-6-3-7-11-19/h2-11,28H,12-17H2,1H3. The molecule has 2 fully saturated rings. The molecular formula is C23H26N4O. The van der Waals surface area contributed by atoms with Crippen molar-refractivity contribution >= 4 is 5.95 Å². The van der Waals surface area contributed by atoms with Crippen LogP contribution in [-0.4, -0.2) is 33.0 Å². The Morgan fingerprint density at radius 2 is 1.36 bits per heavy atom. The summed E-state index contributed by atoms with van der Waals surface area (Å²) in [5.74, 6) is 1.96. The summed E-state index contributed by atoms with van der Waals surface area (Å²) in [6.45, 7) is 1.55. The minimum Gasteiger partial charge on any atom is -0.385 e. The number of nitrogens with zero attached hydrogens (tertiary/aromatic N) is 4. The Morgan fingerprint density at radius 3 is 1.93 bits per heavy atom. The van der Waals surface area contributed by atoms with Crippen LogP contribution in [0.4, 0.5) is 5.95 Å². The van der Waals surface area contributed by atoms with E-state index in [1.807, 2.05) is 30.3 Å². The molecule has 1 aliphatic heterocycles. The summed E-state index contributed by atoms with van der Waals surface area (Å²) in [5, 5.41) is 20.3. The van der Waals surface area contributed by atoms with Crippen molar-refractivity contribution in [2.24, 2.45) is 7.05 Å². The summed E-state index contributed by atoms with van der Waals surface area (Å²) in [5.41, 5.74) is 1.60. The largest absolute Gasteiger partial charge is 0.385 e. The van der Waals surface area contributed by atoms with Gasteiger partial charge in [0.1, 0.15) is 5.82 Å². The molecule has 5 heteroatoms. The maximum Gasteiger partial charge on any atom is 0.226 e. The van der Waals surface area contributed by atoms with Gasteiger partial charge in [0.2, 0.25) is 5.95 Å². The van der Waals surface area contributed by atoms with E-state index in [-0.39, 0.29) is 5.41 Å². The van der Waals surface area contributed by atoms with Gasteiger partial charge in [-0.15, -0.1) is 10.2 Å². The first-order valence-electron chi connectivity index (χ1n) is 10.1. The Balaban J connectivity index is 1.37. The SMILES string of the molecule is Cn1c(N2CCC(O)(c3ccccc3)CC2)nnc1C1(c2ccccc2)CC1. The Morgan fingerprint density at radius 1 is 0.786 bits per heavy atom. The average Bonchev–Trinajstić information content (AvgIpc) is 3.47. The minimum absolute atomic E-state index is 0.0157. The molecule has 5 rings (SSSR count). The quantitative estimate of drug-likeness (QED) is 0.761. The molecule has 1 aromatic heterocycles. The molecule has 0 radical (unpaired) electrons. The van der Waals surface area contributed by atoms with Crippen LogP contribution in [0.1, 0.15) is 42.6 Å². The highest BCUT2D eigenvalue weighted by molar-refractivity contribution is 5.43. The maximum atomic E-state index is 11.1. The second kappa shape index (κ2) is 6.45. The normalized spacial score (nSPS) is 20.1. The van der Waals surface area contributed by atoms with Gasteiger partial charge in [-0.05, 0) is 36.8 Å². The number of hydrogen-bond acceptors (Lipinski definition) is 4. The van der Waals surface area contributed by atoms with Gasteiger partial charge >= 0.3 is 0 Å².